The van der Waals surface area contributed by atoms with Crippen molar-refractivity contribution in [3.63, 3.8) is 0 Å². The Labute approximate surface area is 353 Å². The third-order valence-corrected chi connectivity index (χ3v) is 14.6. The quantitative estimate of drug-likeness (QED) is 0.119. The number of hydrogen-bond donors (Lipinski definition) is 0. The van der Waals surface area contributed by atoms with E-state index in [1.807, 2.05) is 91.0 Å². The summed E-state index contributed by atoms with van der Waals surface area (Å²) in [6.07, 6.45) is 0. The summed E-state index contributed by atoms with van der Waals surface area (Å²) in [5.74, 6) is 0. The van der Waals surface area contributed by atoms with Gasteiger partial charge in [-0.05, 0) is 49.4 Å². The molecule has 6 heteroatoms. The third-order valence-electron chi connectivity index (χ3n) is 11.6. The van der Waals surface area contributed by atoms with Gasteiger partial charge in [0, 0.05) is 59.7 Å². The van der Waals surface area contributed by atoms with Gasteiger partial charge in [-0.2, -0.15) is 0 Å². The normalized spacial score (nSPS) is 11.8. The van der Waals surface area contributed by atoms with Crippen molar-refractivity contribution in [3.05, 3.63) is 212 Å². The van der Waals surface area contributed by atoms with Crippen LogP contribution >= 0.6 is 7.14 Å². The zero-order chi connectivity index (χ0) is 40.9. The van der Waals surface area contributed by atoms with Gasteiger partial charge in [-0.25, -0.2) is 19.9 Å². The van der Waals surface area contributed by atoms with Crippen molar-refractivity contribution in [2.75, 3.05) is 0 Å². The summed E-state index contributed by atoms with van der Waals surface area (Å²) in [4.78, 5) is 20.9. The lowest BCUT2D eigenvalue weighted by Gasteiger charge is -2.20. The molecule has 0 saturated carbocycles. The predicted octanol–water partition coefficient (Wildman–Crippen LogP) is 12.5. The smallest absolute Gasteiger partial charge is 0.171 e. The van der Waals surface area contributed by atoms with Crippen LogP contribution < -0.4 is 15.9 Å². The minimum Gasteiger partial charge on any atom is -0.309 e. The molecule has 5 nitrogen and oxygen atoms in total. The van der Waals surface area contributed by atoms with E-state index in [1.165, 1.54) is 5.56 Å². The van der Waals surface area contributed by atoms with Crippen molar-refractivity contribution in [2.24, 2.45) is 0 Å². The second kappa shape index (κ2) is 14.9. The molecule has 0 aliphatic heterocycles. The molecule has 11 rings (SSSR count). The molecule has 61 heavy (non-hydrogen) atoms. The molecule has 0 aliphatic carbocycles. The fraction of sp³-hybridized carbons (Fsp3) is 0.0182. The summed E-state index contributed by atoms with van der Waals surface area (Å²) in [6.45, 7) is 2.10. The van der Waals surface area contributed by atoms with Gasteiger partial charge in [-0.3, -0.25) is 0 Å². The molecule has 4 aromatic heterocycles. The van der Waals surface area contributed by atoms with Crippen molar-refractivity contribution >= 4 is 66.7 Å². The first-order valence-electron chi connectivity index (χ1n) is 20.4. The standard InChI is InChI=1S/C55H37N4OP/c1-36-11-8-12-41(33-36)48-29-25-37-21-22-38-26-30-49(57-53(38)52(37)56-48)42-13-9-14-43(34-42)50-31-27-39-23-24-40-28-32-51(59-55(40)54(39)58-50)44-15-10-20-47(35-44)61(60,45-16-4-2-5-17-45)46-18-6-3-7-19-46/h2-35H,1H3. The fourth-order valence-electron chi connectivity index (χ4n) is 8.40. The zero-order valence-corrected chi connectivity index (χ0v) is 34.2. The first kappa shape index (κ1) is 36.5. The summed E-state index contributed by atoms with van der Waals surface area (Å²) in [7, 11) is -3.16. The van der Waals surface area contributed by atoms with E-state index in [1.54, 1.807) is 0 Å². The Bertz CT molecular complexity index is 3490. The van der Waals surface area contributed by atoms with Crippen LogP contribution in [0.5, 0.6) is 0 Å². The molecule has 7 aromatic carbocycles. The van der Waals surface area contributed by atoms with Crippen molar-refractivity contribution in [2.45, 2.75) is 6.92 Å². The lowest BCUT2D eigenvalue weighted by Crippen LogP contribution is -2.25. The molecule has 11 aromatic rings. The molecule has 0 spiro atoms. The molecule has 0 saturated heterocycles. The van der Waals surface area contributed by atoms with Crippen LogP contribution in [0, 0.1) is 6.92 Å². The highest BCUT2D eigenvalue weighted by Gasteiger charge is 2.30. The topological polar surface area (TPSA) is 68.6 Å². The van der Waals surface area contributed by atoms with Crippen LogP contribution in [-0.4, -0.2) is 19.9 Å². The van der Waals surface area contributed by atoms with E-state index in [-0.39, 0.29) is 0 Å². The van der Waals surface area contributed by atoms with Gasteiger partial charge in [0.15, 0.2) is 7.14 Å². The Balaban J connectivity index is 0.977. The fourth-order valence-corrected chi connectivity index (χ4v) is 11.1. The molecular weight excluding hydrogens is 764 g/mol. The van der Waals surface area contributed by atoms with Crippen LogP contribution in [0.3, 0.4) is 0 Å². The number of rotatable bonds is 7. The van der Waals surface area contributed by atoms with Gasteiger partial charge in [0.25, 0.3) is 0 Å². The highest BCUT2D eigenvalue weighted by Crippen LogP contribution is 2.43. The average Bonchev–Trinajstić information content (AvgIpc) is 3.33. The predicted molar refractivity (Wildman–Crippen MR) is 254 cm³/mol. The lowest BCUT2D eigenvalue weighted by atomic mass is 10.0. The number of aryl methyl sites for hydroxylation is 1. The molecule has 0 bridgehead atoms. The number of hydrogen-bond acceptors (Lipinski definition) is 5. The van der Waals surface area contributed by atoms with Crippen LogP contribution in [0.2, 0.25) is 0 Å². The van der Waals surface area contributed by atoms with Gasteiger partial charge in [0.05, 0.1) is 44.8 Å². The minimum absolute atomic E-state index is 0.764. The molecule has 0 radical (unpaired) electrons. The third kappa shape index (κ3) is 6.57. The molecule has 0 atom stereocenters. The van der Waals surface area contributed by atoms with Crippen LogP contribution in [0.25, 0.3) is 88.6 Å². The van der Waals surface area contributed by atoms with Crippen LogP contribution in [0.4, 0.5) is 0 Å². The first-order chi connectivity index (χ1) is 30.0. The number of nitrogens with zero attached hydrogens (tertiary/aromatic N) is 4. The van der Waals surface area contributed by atoms with E-state index in [4.69, 9.17) is 19.9 Å². The highest BCUT2D eigenvalue weighted by molar-refractivity contribution is 7.85. The largest absolute Gasteiger partial charge is 0.309 e. The van der Waals surface area contributed by atoms with Crippen LogP contribution in [-0.2, 0) is 4.57 Å². The van der Waals surface area contributed by atoms with Crippen LogP contribution in [0.1, 0.15) is 5.56 Å². The van der Waals surface area contributed by atoms with Crippen molar-refractivity contribution in [1.29, 1.82) is 0 Å². The molecule has 0 unspecified atom stereocenters. The summed E-state index contributed by atoms with van der Waals surface area (Å²) >= 11 is 0. The summed E-state index contributed by atoms with van der Waals surface area (Å²) in [5.41, 5.74) is 12.0. The number of pyridine rings is 4. The summed E-state index contributed by atoms with van der Waals surface area (Å²) in [6, 6.07) is 69.6. The first-order valence-corrected chi connectivity index (χ1v) is 22.1. The Morgan fingerprint density at radius 3 is 1.05 bits per heavy atom. The SMILES string of the molecule is Cc1cccc(-c2ccc3ccc4ccc(-c5cccc(-c6ccc7ccc8ccc(-c9cccc(P(=O)(c%10ccccc%10)c%10ccccc%10)c9)nc8c7n6)c5)nc4c3n2)c1. The van der Waals surface area contributed by atoms with E-state index in [2.05, 4.69) is 122 Å². The Hall–Kier alpha value is -7.59. The van der Waals surface area contributed by atoms with E-state index >= 15 is 4.57 Å². The van der Waals surface area contributed by atoms with Gasteiger partial charge in [0.1, 0.15) is 0 Å². The highest BCUT2D eigenvalue weighted by atomic mass is 31.2. The van der Waals surface area contributed by atoms with Gasteiger partial charge in [-0.15, -0.1) is 0 Å². The van der Waals surface area contributed by atoms with E-state index in [9.17, 15) is 0 Å². The van der Waals surface area contributed by atoms with E-state index < -0.39 is 7.14 Å². The maximum atomic E-state index is 15.2. The maximum Gasteiger partial charge on any atom is 0.171 e. The monoisotopic (exact) mass is 800 g/mol. The van der Waals surface area contributed by atoms with Gasteiger partial charge >= 0.3 is 0 Å². The average molecular weight is 801 g/mol. The summed E-state index contributed by atoms with van der Waals surface area (Å²) < 4.78 is 15.2. The second-order valence-corrected chi connectivity index (χ2v) is 18.3. The van der Waals surface area contributed by atoms with Crippen molar-refractivity contribution < 1.29 is 4.57 Å². The lowest BCUT2D eigenvalue weighted by molar-refractivity contribution is 0.592. The van der Waals surface area contributed by atoms with Gasteiger partial charge in [-0.1, -0.05) is 169 Å². The maximum absolute atomic E-state index is 15.2. The number of benzene rings is 7. The second-order valence-electron chi connectivity index (χ2n) is 15.5. The van der Waals surface area contributed by atoms with Gasteiger partial charge in [0.2, 0.25) is 0 Å². The molecular formula is C55H37N4OP. The minimum atomic E-state index is -3.16. The Morgan fingerprint density at radius 2 is 0.639 bits per heavy atom. The molecule has 4 heterocycles. The Morgan fingerprint density at radius 1 is 0.311 bits per heavy atom. The molecule has 288 valence electrons. The zero-order valence-electron chi connectivity index (χ0n) is 33.3. The molecule has 0 N–H and O–H groups in total. The van der Waals surface area contributed by atoms with Crippen LogP contribution in [0.15, 0.2) is 206 Å². The molecule has 0 fully saturated rings. The van der Waals surface area contributed by atoms with E-state index in [0.29, 0.717) is 0 Å². The Kier molecular flexibility index (Phi) is 8.91. The van der Waals surface area contributed by atoms with Crippen molar-refractivity contribution in [1.82, 2.24) is 19.9 Å². The van der Waals surface area contributed by atoms with Gasteiger partial charge < -0.3 is 4.57 Å². The number of fused-ring (bicyclic) bond motifs is 6. The van der Waals surface area contributed by atoms with E-state index in [0.717, 1.165) is 105 Å². The number of aromatic nitrogens is 4. The summed E-state index contributed by atoms with van der Waals surface area (Å²) in [5, 5.41) is 6.46. The molecule has 0 aliphatic rings. The molecule has 0 amide bonds. The van der Waals surface area contributed by atoms with Crippen molar-refractivity contribution in [3.8, 4) is 45.0 Å².